The molecule has 2 aliphatic rings. The van der Waals surface area contributed by atoms with Crippen LogP contribution in [0.15, 0.2) is 53.4 Å². The standard InChI is InChI=1S/C29H41N3O5S/c1-21-17-32(22(2)20-33)29(34)26-16-24(30-38(35,36)25-12-8-5-9-13-25)14-15-27(26)37-28(21)19-31(3)18-23-10-6-4-7-11-23/h5,8-9,12-16,21-23,28,30,33H,4,6-7,10-11,17-20H2,1-3H3/t21-,22+,28-/m0/s1. The van der Waals surface area contributed by atoms with Crippen LogP contribution in [-0.4, -0.2) is 74.7 Å². The molecule has 1 saturated carbocycles. The molecule has 0 spiro atoms. The van der Waals surface area contributed by atoms with E-state index in [1.807, 2.05) is 6.92 Å². The molecule has 1 amide bonds. The van der Waals surface area contributed by atoms with Gasteiger partial charge < -0.3 is 19.6 Å². The number of amides is 1. The van der Waals surface area contributed by atoms with Crippen molar-refractivity contribution in [3.63, 3.8) is 0 Å². The highest BCUT2D eigenvalue weighted by Gasteiger charge is 2.34. The Hall–Kier alpha value is -2.62. The molecule has 2 aromatic carbocycles. The summed E-state index contributed by atoms with van der Waals surface area (Å²) in [5.41, 5.74) is 0.561. The summed E-state index contributed by atoms with van der Waals surface area (Å²) in [5.74, 6) is 0.877. The van der Waals surface area contributed by atoms with E-state index < -0.39 is 10.0 Å². The second-order valence-electron chi connectivity index (χ2n) is 11.0. The quantitative estimate of drug-likeness (QED) is 0.491. The third kappa shape index (κ3) is 6.87. The molecule has 9 heteroatoms. The Kier molecular flexibility index (Phi) is 9.33. The number of rotatable bonds is 9. The molecule has 0 saturated heterocycles. The first kappa shape index (κ1) is 28.4. The fourth-order valence-corrected chi connectivity index (χ4v) is 6.58. The average Bonchev–Trinajstić information content (AvgIpc) is 2.91. The minimum Gasteiger partial charge on any atom is -0.488 e. The lowest BCUT2D eigenvalue weighted by atomic mass is 9.89. The minimum atomic E-state index is -3.82. The Morgan fingerprint density at radius 1 is 1.11 bits per heavy atom. The average molecular weight is 544 g/mol. The summed E-state index contributed by atoms with van der Waals surface area (Å²) in [5, 5.41) is 9.90. The summed E-state index contributed by atoms with van der Waals surface area (Å²) in [4.78, 5) is 17.8. The Morgan fingerprint density at radius 2 is 1.82 bits per heavy atom. The van der Waals surface area contributed by atoms with Crippen molar-refractivity contribution in [3.8, 4) is 5.75 Å². The van der Waals surface area contributed by atoms with E-state index in [-0.39, 0.29) is 46.7 Å². The number of benzene rings is 2. The van der Waals surface area contributed by atoms with Crippen LogP contribution in [0.2, 0.25) is 0 Å². The van der Waals surface area contributed by atoms with Gasteiger partial charge in [-0.05, 0) is 63.1 Å². The first-order chi connectivity index (χ1) is 18.2. The van der Waals surface area contributed by atoms with Gasteiger partial charge in [-0.25, -0.2) is 8.42 Å². The van der Waals surface area contributed by atoms with Gasteiger partial charge >= 0.3 is 0 Å². The number of likely N-dealkylation sites (N-methyl/N-ethyl adjacent to an activating group) is 1. The Morgan fingerprint density at radius 3 is 2.50 bits per heavy atom. The topological polar surface area (TPSA) is 99.2 Å². The normalized spacial score (nSPS) is 21.8. The molecule has 0 unspecified atom stereocenters. The first-order valence-electron chi connectivity index (χ1n) is 13.7. The molecule has 4 rings (SSSR count). The predicted molar refractivity (Wildman–Crippen MR) is 149 cm³/mol. The Labute approximate surface area is 227 Å². The fourth-order valence-electron chi connectivity index (χ4n) is 5.51. The molecule has 0 radical (unpaired) electrons. The Bertz CT molecular complexity index is 1180. The van der Waals surface area contributed by atoms with Crippen molar-refractivity contribution >= 4 is 21.6 Å². The molecule has 2 aromatic rings. The van der Waals surface area contributed by atoms with Gasteiger partial charge in [-0.2, -0.15) is 0 Å². The number of hydrogen-bond donors (Lipinski definition) is 2. The van der Waals surface area contributed by atoms with Crippen molar-refractivity contribution < 1.29 is 23.1 Å². The molecule has 38 heavy (non-hydrogen) atoms. The predicted octanol–water partition coefficient (Wildman–Crippen LogP) is 4.22. The molecule has 1 aliphatic carbocycles. The molecular formula is C29H41N3O5S. The zero-order chi connectivity index (χ0) is 27.3. The van der Waals surface area contributed by atoms with Gasteiger partial charge in [-0.3, -0.25) is 9.52 Å². The van der Waals surface area contributed by atoms with Gasteiger partial charge in [0.25, 0.3) is 15.9 Å². The van der Waals surface area contributed by atoms with Crippen LogP contribution < -0.4 is 9.46 Å². The molecule has 3 atom stereocenters. The van der Waals surface area contributed by atoms with E-state index >= 15 is 0 Å². The van der Waals surface area contributed by atoms with Crippen molar-refractivity contribution in [2.75, 3.05) is 38.0 Å². The maximum absolute atomic E-state index is 13.7. The van der Waals surface area contributed by atoms with E-state index in [9.17, 15) is 18.3 Å². The molecule has 1 heterocycles. The number of nitrogens with one attached hydrogen (secondary N) is 1. The summed E-state index contributed by atoms with van der Waals surface area (Å²) in [7, 11) is -1.69. The van der Waals surface area contributed by atoms with Crippen molar-refractivity contribution in [1.29, 1.82) is 0 Å². The van der Waals surface area contributed by atoms with Crippen LogP contribution in [0.25, 0.3) is 0 Å². The summed E-state index contributed by atoms with van der Waals surface area (Å²) in [6.45, 7) is 5.91. The van der Waals surface area contributed by atoms with Crippen LogP contribution in [0.3, 0.4) is 0 Å². The highest BCUT2D eigenvalue weighted by molar-refractivity contribution is 7.92. The summed E-state index contributed by atoms with van der Waals surface area (Å²) < 4.78 is 34.9. The maximum Gasteiger partial charge on any atom is 0.261 e. The van der Waals surface area contributed by atoms with Crippen LogP contribution in [0.5, 0.6) is 5.75 Å². The third-order valence-corrected chi connectivity index (χ3v) is 9.15. The van der Waals surface area contributed by atoms with E-state index in [1.165, 1.54) is 50.3 Å². The lowest BCUT2D eigenvalue weighted by Crippen LogP contribution is -2.50. The van der Waals surface area contributed by atoms with Crippen LogP contribution in [0.1, 0.15) is 56.3 Å². The molecule has 1 fully saturated rings. The van der Waals surface area contributed by atoms with Gasteiger partial charge in [-0.15, -0.1) is 0 Å². The van der Waals surface area contributed by atoms with E-state index in [0.717, 1.165) is 13.1 Å². The van der Waals surface area contributed by atoms with Gasteiger partial charge in [0, 0.05) is 31.2 Å². The zero-order valence-corrected chi connectivity index (χ0v) is 23.5. The lowest BCUT2D eigenvalue weighted by Gasteiger charge is -2.38. The number of anilines is 1. The van der Waals surface area contributed by atoms with Crippen molar-refractivity contribution in [1.82, 2.24) is 9.80 Å². The van der Waals surface area contributed by atoms with E-state index in [4.69, 9.17) is 4.74 Å². The van der Waals surface area contributed by atoms with Gasteiger partial charge in [0.15, 0.2) is 0 Å². The third-order valence-electron chi connectivity index (χ3n) is 7.76. The monoisotopic (exact) mass is 543 g/mol. The minimum absolute atomic E-state index is 0.0335. The number of sulfonamides is 1. The van der Waals surface area contributed by atoms with E-state index in [2.05, 4.69) is 23.6 Å². The summed E-state index contributed by atoms with van der Waals surface area (Å²) in [6.07, 6.45) is 6.30. The van der Waals surface area contributed by atoms with Crippen LogP contribution in [0, 0.1) is 11.8 Å². The number of carbonyl (C=O) groups excluding carboxylic acids is 1. The number of aliphatic hydroxyl groups is 1. The number of aliphatic hydroxyl groups excluding tert-OH is 1. The van der Waals surface area contributed by atoms with Crippen LogP contribution in [-0.2, 0) is 10.0 Å². The smallest absolute Gasteiger partial charge is 0.261 e. The lowest BCUT2D eigenvalue weighted by molar-refractivity contribution is 0.0330. The summed E-state index contributed by atoms with van der Waals surface area (Å²) >= 11 is 0. The fraction of sp³-hybridized carbons (Fsp3) is 0.552. The first-order valence-corrected chi connectivity index (χ1v) is 15.1. The summed E-state index contributed by atoms with van der Waals surface area (Å²) in [6, 6.07) is 12.6. The van der Waals surface area contributed by atoms with Gasteiger partial charge in [0.2, 0.25) is 0 Å². The second-order valence-corrected chi connectivity index (χ2v) is 12.7. The highest BCUT2D eigenvalue weighted by Crippen LogP contribution is 2.32. The zero-order valence-electron chi connectivity index (χ0n) is 22.7. The van der Waals surface area contributed by atoms with Crippen molar-refractivity contribution in [2.24, 2.45) is 11.8 Å². The second kappa shape index (κ2) is 12.5. The number of hydrogen-bond acceptors (Lipinski definition) is 6. The van der Waals surface area contributed by atoms with Crippen LogP contribution >= 0.6 is 0 Å². The Balaban J connectivity index is 1.60. The number of ether oxygens (including phenoxy) is 1. The van der Waals surface area contributed by atoms with Gasteiger partial charge in [0.1, 0.15) is 11.9 Å². The maximum atomic E-state index is 13.7. The van der Waals surface area contributed by atoms with Gasteiger partial charge in [-0.1, -0.05) is 44.4 Å². The molecular weight excluding hydrogens is 502 g/mol. The largest absolute Gasteiger partial charge is 0.488 e. The molecule has 0 aromatic heterocycles. The SMILES string of the molecule is C[C@H](CO)N1C[C@H](C)[C@H](CN(C)CC2CCCCC2)Oc2ccc(NS(=O)(=O)c3ccccc3)cc2C1=O. The molecule has 208 valence electrons. The highest BCUT2D eigenvalue weighted by atomic mass is 32.2. The van der Waals surface area contributed by atoms with E-state index in [0.29, 0.717) is 18.2 Å². The molecule has 1 aliphatic heterocycles. The molecule has 8 nitrogen and oxygen atoms in total. The van der Waals surface area contributed by atoms with Crippen molar-refractivity contribution in [3.05, 3.63) is 54.1 Å². The number of nitrogens with zero attached hydrogens (tertiary/aromatic N) is 2. The molecule has 2 N–H and O–H groups in total. The van der Waals surface area contributed by atoms with Crippen molar-refractivity contribution in [2.45, 2.75) is 63.0 Å². The van der Waals surface area contributed by atoms with Crippen LogP contribution in [0.4, 0.5) is 5.69 Å². The van der Waals surface area contributed by atoms with E-state index in [1.54, 1.807) is 35.2 Å². The van der Waals surface area contributed by atoms with Gasteiger partial charge in [0.05, 0.1) is 23.1 Å². The molecule has 0 bridgehead atoms. The number of carbonyl (C=O) groups is 1. The number of fused-ring (bicyclic) bond motifs is 1.